The van der Waals surface area contributed by atoms with Gasteiger partial charge in [0.15, 0.2) is 0 Å². The van der Waals surface area contributed by atoms with E-state index in [9.17, 15) is 0 Å². The number of rotatable bonds is 3. The monoisotopic (exact) mass is 282 g/mol. The van der Waals surface area contributed by atoms with Crippen molar-refractivity contribution in [2.75, 3.05) is 0 Å². The van der Waals surface area contributed by atoms with Crippen molar-refractivity contribution in [3.05, 3.63) is 28.9 Å². The minimum absolute atomic E-state index is 0.261. The van der Waals surface area contributed by atoms with Crippen LogP contribution in [0.25, 0.3) is 0 Å². The van der Waals surface area contributed by atoms with Crippen LogP contribution < -0.4 is 0 Å². The molecule has 0 amide bonds. The molecule has 0 atom stereocenters. The molecule has 0 aliphatic carbocycles. The van der Waals surface area contributed by atoms with Gasteiger partial charge in [-0.25, -0.2) is 9.97 Å². The van der Waals surface area contributed by atoms with Crippen LogP contribution in [-0.2, 0) is 7.05 Å². The Labute approximate surface area is 116 Å². The van der Waals surface area contributed by atoms with Gasteiger partial charge in [-0.2, -0.15) is 5.10 Å². The number of halogens is 1. The summed E-state index contributed by atoms with van der Waals surface area (Å²) in [6, 6.07) is 0. The van der Waals surface area contributed by atoms with Gasteiger partial charge >= 0.3 is 0 Å². The molecule has 2 aromatic heterocycles. The van der Waals surface area contributed by atoms with E-state index in [1.165, 1.54) is 0 Å². The number of hydrogen-bond donors (Lipinski definition) is 0. The highest BCUT2D eigenvalue weighted by atomic mass is 35.5. The van der Waals surface area contributed by atoms with Crippen molar-refractivity contribution in [2.45, 2.75) is 36.6 Å². The summed E-state index contributed by atoms with van der Waals surface area (Å²) in [4.78, 5) is 9.91. The van der Waals surface area contributed by atoms with Crippen molar-refractivity contribution in [3.63, 3.8) is 0 Å². The first-order chi connectivity index (χ1) is 8.47. The third kappa shape index (κ3) is 2.84. The van der Waals surface area contributed by atoms with E-state index in [2.05, 4.69) is 28.9 Å². The molecule has 0 saturated heterocycles. The van der Waals surface area contributed by atoms with Gasteiger partial charge in [-0.15, -0.1) is 0 Å². The molecule has 0 aromatic carbocycles. The van der Waals surface area contributed by atoms with Crippen molar-refractivity contribution >= 4 is 23.4 Å². The van der Waals surface area contributed by atoms with Gasteiger partial charge in [-0.05, 0) is 6.92 Å². The van der Waals surface area contributed by atoms with Gasteiger partial charge in [0.05, 0.1) is 11.1 Å². The maximum Gasteiger partial charge on any atom is 0.136 e. The second-order valence-corrected chi connectivity index (χ2v) is 5.83. The Morgan fingerprint density at radius 3 is 2.61 bits per heavy atom. The van der Waals surface area contributed by atoms with E-state index < -0.39 is 0 Å². The van der Waals surface area contributed by atoms with E-state index in [1.807, 2.05) is 26.4 Å². The molecule has 0 aliphatic heterocycles. The Morgan fingerprint density at radius 2 is 2.06 bits per heavy atom. The Morgan fingerprint density at radius 1 is 1.33 bits per heavy atom. The van der Waals surface area contributed by atoms with Crippen LogP contribution in [0.5, 0.6) is 0 Å². The smallest absolute Gasteiger partial charge is 0.136 e. The first-order valence-corrected chi connectivity index (χ1v) is 6.87. The van der Waals surface area contributed by atoms with Crippen LogP contribution in [0.4, 0.5) is 0 Å². The van der Waals surface area contributed by atoms with Crippen molar-refractivity contribution in [3.8, 4) is 0 Å². The van der Waals surface area contributed by atoms with Crippen molar-refractivity contribution in [1.29, 1.82) is 0 Å². The minimum atomic E-state index is 0.261. The highest BCUT2D eigenvalue weighted by Crippen LogP contribution is 2.31. The number of aromatic nitrogens is 4. The molecule has 6 heteroatoms. The Bertz CT molecular complexity index is 565. The lowest BCUT2D eigenvalue weighted by atomic mass is 10.2. The molecule has 2 rings (SSSR count). The normalized spacial score (nSPS) is 11.2. The SMILES string of the molecule is Cc1c(Cl)nc(C(C)C)nc1Sc1cnn(C)c1. The molecule has 0 bridgehead atoms. The molecular weight excluding hydrogens is 268 g/mol. The zero-order valence-electron chi connectivity index (χ0n) is 10.8. The first-order valence-electron chi connectivity index (χ1n) is 5.68. The molecule has 0 spiro atoms. The zero-order chi connectivity index (χ0) is 13.3. The molecule has 0 N–H and O–H groups in total. The largest absolute Gasteiger partial charge is 0.275 e. The lowest BCUT2D eigenvalue weighted by Crippen LogP contribution is -2.01. The van der Waals surface area contributed by atoms with Crippen molar-refractivity contribution in [1.82, 2.24) is 19.7 Å². The summed E-state index contributed by atoms with van der Waals surface area (Å²) in [5.74, 6) is 1.04. The van der Waals surface area contributed by atoms with Crippen LogP contribution in [0.2, 0.25) is 5.15 Å². The highest BCUT2D eigenvalue weighted by molar-refractivity contribution is 7.99. The van der Waals surface area contributed by atoms with Gasteiger partial charge < -0.3 is 0 Å². The molecule has 96 valence electrons. The molecule has 18 heavy (non-hydrogen) atoms. The van der Waals surface area contributed by atoms with E-state index in [-0.39, 0.29) is 5.92 Å². The summed E-state index contributed by atoms with van der Waals surface area (Å²) in [6.45, 7) is 6.05. The molecule has 2 aromatic rings. The van der Waals surface area contributed by atoms with Crippen LogP contribution >= 0.6 is 23.4 Å². The maximum atomic E-state index is 6.15. The molecule has 4 nitrogen and oxygen atoms in total. The Kier molecular flexibility index (Phi) is 3.92. The van der Waals surface area contributed by atoms with Gasteiger partial charge in [-0.3, -0.25) is 4.68 Å². The topological polar surface area (TPSA) is 43.6 Å². The number of nitrogens with zero attached hydrogens (tertiary/aromatic N) is 4. The standard InChI is InChI=1S/C12H15ClN4S/c1-7(2)11-15-10(13)8(3)12(16-11)18-9-5-14-17(4)6-9/h5-7H,1-4H3. The predicted molar refractivity (Wildman–Crippen MR) is 73.2 cm³/mol. The molecule has 0 radical (unpaired) electrons. The molecule has 2 heterocycles. The average Bonchev–Trinajstić information content (AvgIpc) is 2.70. The van der Waals surface area contributed by atoms with E-state index in [0.29, 0.717) is 5.15 Å². The van der Waals surface area contributed by atoms with Crippen LogP contribution in [0.3, 0.4) is 0 Å². The lowest BCUT2D eigenvalue weighted by molar-refractivity contribution is 0.747. The minimum Gasteiger partial charge on any atom is -0.275 e. The molecule has 0 saturated carbocycles. The fourth-order valence-corrected chi connectivity index (χ4v) is 2.56. The average molecular weight is 283 g/mol. The second kappa shape index (κ2) is 5.28. The Hall–Kier alpha value is -1.07. The molecule has 0 fully saturated rings. The van der Waals surface area contributed by atoms with E-state index in [0.717, 1.165) is 21.3 Å². The van der Waals surface area contributed by atoms with Crippen molar-refractivity contribution in [2.24, 2.45) is 7.05 Å². The van der Waals surface area contributed by atoms with Gasteiger partial charge in [-0.1, -0.05) is 37.2 Å². The van der Waals surface area contributed by atoms with Crippen molar-refractivity contribution < 1.29 is 0 Å². The highest BCUT2D eigenvalue weighted by Gasteiger charge is 2.13. The van der Waals surface area contributed by atoms with Gasteiger partial charge in [0.2, 0.25) is 0 Å². The second-order valence-electron chi connectivity index (χ2n) is 4.41. The fraction of sp³-hybridized carbons (Fsp3) is 0.417. The summed E-state index contributed by atoms with van der Waals surface area (Å²) >= 11 is 7.71. The zero-order valence-corrected chi connectivity index (χ0v) is 12.4. The van der Waals surface area contributed by atoms with Crippen LogP contribution in [0.1, 0.15) is 31.2 Å². The summed E-state index contributed by atoms with van der Waals surface area (Å²) in [7, 11) is 1.89. The van der Waals surface area contributed by atoms with E-state index in [1.54, 1.807) is 16.4 Å². The maximum absolute atomic E-state index is 6.15. The quantitative estimate of drug-likeness (QED) is 0.809. The van der Waals surface area contributed by atoms with Gasteiger partial charge in [0.25, 0.3) is 0 Å². The predicted octanol–water partition coefficient (Wildman–Crippen LogP) is 3.45. The fourth-order valence-electron chi connectivity index (χ4n) is 1.41. The summed E-state index contributed by atoms with van der Waals surface area (Å²) in [6.07, 6.45) is 3.77. The van der Waals surface area contributed by atoms with E-state index in [4.69, 9.17) is 11.6 Å². The molecule has 0 aliphatic rings. The van der Waals surface area contributed by atoms with Gasteiger partial charge in [0.1, 0.15) is 16.0 Å². The summed E-state index contributed by atoms with van der Waals surface area (Å²) < 4.78 is 1.77. The number of hydrogen-bond acceptors (Lipinski definition) is 4. The molecular formula is C12H15ClN4S. The van der Waals surface area contributed by atoms with E-state index >= 15 is 0 Å². The first kappa shape index (κ1) is 13.4. The third-order valence-electron chi connectivity index (χ3n) is 2.47. The number of aryl methyl sites for hydroxylation is 1. The molecule has 0 unspecified atom stereocenters. The summed E-state index contributed by atoms with van der Waals surface area (Å²) in [5.41, 5.74) is 0.912. The lowest BCUT2D eigenvalue weighted by Gasteiger charge is -2.09. The van der Waals surface area contributed by atoms with Gasteiger partial charge in [0, 0.05) is 24.7 Å². The van der Waals surface area contributed by atoms with Crippen LogP contribution in [-0.4, -0.2) is 19.7 Å². The third-order valence-corrected chi connectivity index (χ3v) is 3.88. The Balaban J connectivity index is 2.37. The summed E-state index contributed by atoms with van der Waals surface area (Å²) in [5, 5.41) is 5.56. The van der Waals surface area contributed by atoms with Crippen LogP contribution in [0, 0.1) is 6.92 Å². The van der Waals surface area contributed by atoms with Crippen LogP contribution in [0.15, 0.2) is 22.3 Å².